The first-order valence-corrected chi connectivity index (χ1v) is 7.10. The Morgan fingerprint density at radius 3 is 2.06 bits per heavy atom. The van der Waals surface area contributed by atoms with Gasteiger partial charge in [0.2, 0.25) is 0 Å². The van der Waals surface area contributed by atoms with Gasteiger partial charge in [0.1, 0.15) is 0 Å². The molecule has 0 saturated heterocycles. The predicted octanol–water partition coefficient (Wildman–Crippen LogP) is 5.70. The second kappa shape index (κ2) is 5.91. The van der Waals surface area contributed by atoms with E-state index >= 15 is 0 Å². The van der Waals surface area contributed by atoms with E-state index < -0.39 is 0 Å². The highest BCUT2D eigenvalue weighted by atomic mass is 35.5. The average Bonchev–Trinajstić information content (AvgIpc) is 2.37. The molecule has 96 valence electrons. The minimum Gasteiger partial charge on any atom is -0.118 e. The fourth-order valence-corrected chi connectivity index (χ4v) is 2.18. The maximum atomic E-state index is 6.46. The molecule has 2 atom stereocenters. The number of alkyl halides is 1. The van der Waals surface area contributed by atoms with E-state index in [0.29, 0.717) is 5.92 Å². The number of benzene rings is 1. The molecule has 1 rings (SSSR count). The summed E-state index contributed by atoms with van der Waals surface area (Å²) in [4.78, 5) is 0. The maximum Gasteiger partial charge on any atom is 0.0610 e. The third kappa shape index (κ3) is 3.48. The summed E-state index contributed by atoms with van der Waals surface area (Å²) in [6, 6.07) is 8.85. The first kappa shape index (κ1) is 14.6. The van der Waals surface area contributed by atoms with Crippen molar-refractivity contribution in [3.8, 4) is 0 Å². The van der Waals surface area contributed by atoms with Crippen LogP contribution in [0.3, 0.4) is 0 Å². The van der Waals surface area contributed by atoms with Crippen LogP contribution in [0.15, 0.2) is 24.3 Å². The molecule has 0 bridgehead atoms. The summed E-state index contributed by atoms with van der Waals surface area (Å²) in [6.07, 6.45) is 2.28. The Balaban J connectivity index is 2.88. The molecule has 0 nitrogen and oxygen atoms in total. The maximum absolute atomic E-state index is 6.46. The van der Waals surface area contributed by atoms with Crippen molar-refractivity contribution >= 4 is 11.6 Å². The van der Waals surface area contributed by atoms with Gasteiger partial charge in [-0.15, -0.1) is 11.6 Å². The van der Waals surface area contributed by atoms with Crippen molar-refractivity contribution in [2.45, 2.75) is 58.3 Å². The molecule has 1 aromatic carbocycles. The fraction of sp³-hybridized carbons (Fsp3) is 0.625. The Kier molecular flexibility index (Phi) is 5.06. The van der Waals surface area contributed by atoms with Crippen molar-refractivity contribution in [3.63, 3.8) is 0 Å². The fourth-order valence-electron chi connectivity index (χ4n) is 1.86. The lowest BCUT2D eigenvalue weighted by Gasteiger charge is -2.24. The molecule has 0 aromatic heterocycles. The molecule has 17 heavy (non-hydrogen) atoms. The van der Waals surface area contributed by atoms with E-state index in [4.69, 9.17) is 11.6 Å². The highest BCUT2D eigenvalue weighted by Gasteiger charge is 2.19. The topological polar surface area (TPSA) is 0 Å². The van der Waals surface area contributed by atoms with Crippen molar-refractivity contribution in [1.29, 1.82) is 0 Å². The van der Waals surface area contributed by atoms with Gasteiger partial charge in [0.15, 0.2) is 0 Å². The molecular formula is C16H25Cl. The molecule has 0 spiro atoms. The normalized spacial score (nSPS) is 15.6. The van der Waals surface area contributed by atoms with Gasteiger partial charge in [-0.1, -0.05) is 65.3 Å². The largest absolute Gasteiger partial charge is 0.118 e. The molecule has 0 heterocycles. The van der Waals surface area contributed by atoms with Crippen molar-refractivity contribution in [2.75, 3.05) is 0 Å². The quantitative estimate of drug-likeness (QED) is 0.590. The van der Waals surface area contributed by atoms with Crippen LogP contribution >= 0.6 is 11.6 Å². The molecule has 1 heteroatoms. The monoisotopic (exact) mass is 252 g/mol. The lowest BCUT2D eigenvalue weighted by molar-refractivity contribution is 0.505. The van der Waals surface area contributed by atoms with Gasteiger partial charge in [-0.05, 0) is 28.9 Å². The van der Waals surface area contributed by atoms with Gasteiger partial charge in [0.05, 0.1) is 5.38 Å². The smallest absolute Gasteiger partial charge is 0.0610 e. The Morgan fingerprint density at radius 1 is 1.12 bits per heavy atom. The summed E-state index contributed by atoms with van der Waals surface area (Å²) in [5.74, 6) is 0.529. The van der Waals surface area contributed by atoms with Gasteiger partial charge in [-0.2, -0.15) is 0 Å². The Bertz CT molecular complexity index is 337. The Morgan fingerprint density at radius 2 is 1.65 bits per heavy atom. The molecule has 0 aliphatic rings. The number of rotatable bonds is 5. The van der Waals surface area contributed by atoms with Gasteiger partial charge >= 0.3 is 0 Å². The summed E-state index contributed by atoms with van der Waals surface area (Å²) in [5, 5.41) is 0.138. The van der Waals surface area contributed by atoms with E-state index in [9.17, 15) is 0 Å². The van der Waals surface area contributed by atoms with Crippen LogP contribution in [0, 0.1) is 5.92 Å². The molecule has 0 radical (unpaired) electrons. The van der Waals surface area contributed by atoms with Crippen molar-refractivity contribution < 1.29 is 0 Å². The lowest BCUT2D eigenvalue weighted by atomic mass is 9.81. The molecule has 2 unspecified atom stereocenters. The van der Waals surface area contributed by atoms with E-state index in [0.717, 1.165) is 12.8 Å². The zero-order valence-electron chi connectivity index (χ0n) is 11.8. The number of halogens is 1. The summed E-state index contributed by atoms with van der Waals surface area (Å²) in [7, 11) is 0. The van der Waals surface area contributed by atoms with Crippen LogP contribution in [0.1, 0.15) is 64.0 Å². The second-order valence-electron chi connectivity index (χ2n) is 5.65. The standard InChI is InChI=1S/C16H25Cl/c1-6-12(3)15(17)13-8-10-14(11-9-13)16(4,5)7-2/h8-12,15H,6-7H2,1-5H3. The zero-order chi connectivity index (χ0) is 13.1. The van der Waals surface area contributed by atoms with Gasteiger partial charge in [-0.3, -0.25) is 0 Å². The summed E-state index contributed by atoms with van der Waals surface area (Å²) in [5.41, 5.74) is 2.91. The lowest BCUT2D eigenvalue weighted by Crippen LogP contribution is -2.15. The van der Waals surface area contributed by atoms with E-state index in [2.05, 4.69) is 58.9 Å². The SMILES string of the molecule is CCC(C)C(Cl)c1ccc(C(C)(C)CC)cc1. The number of hydrogen-bond donors (Lipinski definition) is 0. The predicted molar refractivity (Wildman–Crippen MR) is 77.8 cm³/mol. The summed E-state index contributed by atoms with van der Waals surface area (Å²) < 4.78 is 0. The second-order valence-corrected chi connectivity index (χ2v) is 6.12. The molecule has 0 aliphatic carbocycles. The third-order valence-electron chi connectivity index (χ3n) is 4.04. The van der Waals surface area contributed by atoms with E-state index in [1.165, 1.54) is 11.1 Å². The van der Waals surface area contributed by atoms with Crippen molar-refractivity contribution in [1.82, 2.24) is 0 Å². The molecule has 0 saturated carbocycles. The van der Waals surface area contributed by atoms with Crippen LogP contribution in [0.4, 0.5) is 0 Å². The van der Waals surface area contributed by atoms with Crippen LogP contribution in [0.25, 0.3) is 0 Å². The summed E-state index contributed by atoms with van der Waals surface area (Å²) >= 11 is 6.46. The van der Waals surface area contributed by atoms with Crippen LogP contribution < -0.4 is 0 Å². The minimum absolute atomic E-state index is 0.138. The third-order valence-corrected chi connectivity index (χ3v) is 4.72. The van der Waals surface area contributed by atoms with Crippen molar-refractivity contribution in [2.24, 2.45) is 5.92 Å². The first-order valence-electron chi connectivity index (χ1n) is 6.66. The number of hydrogen-bond acceptors (Lipinski definition) is 0. The highest BCUT2D eigenvalue weighted by molar-refractivity contribution is 6.20. The Labute approximate surface area is 111 Å². The van der Waals surface area contributed by atoms with Crippen molar-refractivity contribution in [3.05, 3.63) is 35.4 Å². The molecule has 0 fully saturated rings. The van der Waals surface area contributed by atoms with Gasteiger partial charge < -0.3 is 0 Å². The molecule has 0 amide bonds. The van der Waals surface area contributed by atoms with E-state index in [1.54, 1.807) is 0 Å². The van der Waals surface area contributed by atoms with Crippen LogP contribution in [0.2, 0.25) is 0 Å². The first-order chi connectivity index (χ1) is 7.92. The van der Waals surface area contributed by atoms with Gasteiger partial charge in [0.25, 0.3) is 0 Å². The Hall–Kier alpha value is -0.490. The zero-order valence-corrected chi connectivity index (χ0v) is 12.5. The van der Waals surface area contributed by atoms with Gasteiger partial charge in [-0.25, -0.2) is 0 Å². The average molecular weight is 253 g/mol. The van der Waals surface area contributed by atoms with Crippen LogP contribution in [-0.4, -0.2) is 0 Å². The summed E-state index contributed by atoms with van der Waals surface area (Å²) in [6.45, 7) is 11.2. The van der Waals surface area contributed by atoms with Crippen LogP contribution in [-0.2, 0) is 5.41 Å². The molecule has 0 N–H and O–H groups in total. The van der Waals surface area contributed by atoms with Gasteiger partial charge in [0, 0.05) is 0 Å². The molecule has 1 aromatic rings. The van der Waals surface area contributed by atoms with E-state index in [1.807, 2.05) is 0 Å². The highest BCUT2D eigenvalue weighted by Crippen LogP contribution is 2.33. The van der Waals surface area contributed by atoms with E-state index in [-0.39, 0.29) is 10.8 Å². The minimum atomic E-state index is 0.138. The molecule has 0 aliphatic heterocycles. The molecular weight excluding hydrogens is 228 g/mol. The van der Waals surface area contributed by atoms with Crippen LogP contribution in [0.5, 0.6) is 0 Å².